The van der Waals surface area contributed by atoms with E-state index in [4.69, 9.17) is 5.73 Å². The maximum absolute atomic E-state index is 12.1. The van der Waals surface area contributed by atoms with Gasteiger partial charge in [0.1, 0.15) is 0 Å². The molecule has 104 valence electrons. The van der Waals surface area contributed by atoms with Gasteiger partial charge in [0.25, 0.3) is 0 Å². The van der Waals surface area contributed by atoms with Crippen molar-refractivity contribution in [1.29, 1.82) is 0 Å². The lowest BCUT2D eigenvalue weighted by Gasteiger charge is -2.23. The van der Waals surface area contributed by atoms with Crippen molar-refractivity contribution in [2.75, 3.05) is 20.1 Å². The summed E-state index contributed by atoms with van der Waals surface area (Å²) in [6.45, 7) is 4.60. The van der Waals surface area contributed by atoms with Gasteiger partial charge in [-0.05, 0) is 25.2 Å². The zero-order valence-electron chi connectivity index (χ0n) is 11.6. The zero-order valence-corrected chi connectivity index (χ0v) is 11.6. The molecular weight excluding hydrogens is 230 g/mol. The Morgan fingerprint density at radius 2 is 2.00 bits per heavy atom. The normalized spacial score (nSPS) is 16.5. The maximum atomic E-state index is 12.1. The lowest BCUT2D eigenvalue weighted by Crippen LogP contribution is -2.43. The fourth-order valence-electron chi connectivity index (χ4n) is 1.97. The van der Waals surface area contributed by atoms with Crippen LogP contribution in [0.4, 0.5) is 0 Å². The largest absolute Gasteiger partial charge is 0.352 e. The Hall–Kier alpha value is -1.10. The van der Waals surface area contributed by atoms with Gasteiger partial charge in [0.2, 0.25) is 11.8 Å². The van der Waals surface area contributed by atoms with E-state index in [0.717, 1.165) is 19.3 Å². The van der Waals surface area contributed by atoms with Crippen LogP contribution in [-0.2, 0) is 9.59 Å². The Labute approximate surface area is 109 Å². The lowest BCUT2D eigenvalue weighted by atomic mass is 9.96. The fraction of sp³-hybridized carbons (Fsp3) is 0.846. The lowest BCUT2D eigenvalue weighted by molar-refractivity contribution is -0.138. The first-order valence-corrected chi connectivity index (χ1v) is 6.68. The van der Waals surface area contributed by atoms with Crippen molar-refractivity contribution in [3.05, 3.63) is 0 Å². The predicted octanol–water partition coefficient (Wildman–Crippen LogP) is 0.344. The van der Waals surface area contributed by atoms with Crippen LogP contribution < -0.4 is 11.1 Å². The summed E-state index contributed by atoms with van der Waals surface area (Å²) in [7, 11) is 1.66. The predicted molar refractivity (Wildman–Crippen MR) is 70.8 cm³/mol. The van der Waals surface area contributed by atoms with Crippen LogP contribution in [0.2, 0.25) is 0 Å². The molecule has 5 nitrogen and oxygen atoms in total. The number of carbonyl (C=O) groups excluding carboxylic acids is 2. The molecule has 1 unspecified atom stereocenters. The van der Waals surface area contributed by atoms with Crippen LogP contribution in [0.15, 0.2) is 0 Å². The van der Waals surface area contributed by atoms with E-state index in [-0.39, 0.29) is 24.3 Å². The van der Waals surface area contributed by atoms with Crippen molar-refractivity contribution in [3.8, 4) is 0 Å². The highest BCUT2D eigenvalue weighted by Gasteiger charge is 2.26. The minimum Gasteiger partial charge on any atom is -0.352 e. The summed E-state index contributed by atoms with van der Waals surface area (Å²) in [6.07, 6.45) is 2.88. The van der Waals surface area contributed by atoms with E-state index in [1.807, 2.05) is 0 Å². The van der Waals surface area contributed by atoms with Gasteiger partial charge in [-0.2, -0.15) is 0 Å². The number of hydrogen-bond acceptors (Lipinski definition) is 3. The molecule has 0 bridgehead atoms. The second-order valence-corrected chi connectivity index (χ2v) is 5.60. The average molecular weight is 255 g/mol. The van der Waals surface area contributed by atoms with Gasteiger partial charge in [-0.3, -0.25) is 9.59 Å². The summed E-state index contributed by atoms with van der Waals surface area (Å²) in [5, 5.41) is 2.87. The van der Waals surface area contributed by atoms with Crippen molar-refractivity contribution < 1.29 is 9.59 Å². The first-order chi connectivity index (χ1) is 8.43. The summed E-state index contributed by atoms with van der Waals surface area (Å²) in [6, 6.07) is 0.335. The summed E-state index contributed by atoms with van der Waals surface area (Å²) >= 11 is 0. The van der Waals surface area contributed by atoms with E-state index < -0.39 is 0 Å². The molecule has 1 aliphatic rings. The van der Waals surface area contributed by atoms with Gasteiger partial charge in [-0.1, -0.05) is 13.8 Å². The van der Waals surface area contributed by atoms with Crippen molar-refractivity contribution >= 4 is 11.8 Å². The number of nitrogens with one attached hydrogen (secondary N) is 1. The van der Waals surface area contributed by atoms with Crippen LogP contribution in [0.1, 0.15) is 33.1 Å². The minimum absolute atomic E-state index is 0.0304. The van der Waals surface area contributed by atoms with Crippen LogP contribution in [0.3, 0.4) is 0 Å². The second kappa shape index (κ2) is 6.73. The molecule has 0 saturated heterocycles. The molecular formula is C13H25N3O2. The molecule has 5 heteroatoms. The van der Waals surface area contributed by atoms with Crippen LogP contribution in [0.5, 0.6) is 0 Å². The SMILES string of the molecule is CC(C)CC(CN)C(=O)N(C)CC(=O)NC1CC1. The standard InChI is InChI=1S/C13H25N3O2/c1-9(2)6-10(7-14)13(18)16(3)8-12(17)15-11-4-5-11/h9-11H,4-8,14H2,1-3H3,(H,15,17). The Balaban J connectivity index is 2.39. The molecule has 1 atom stereocenters. The molecule has 0 radical (unpaired) electrons. The average Bonchev–Trinajstić information content (AvgIpc) is 3.08. The van der Waals surface area contributed by atoms with Gasteiger partial charge in [0, 0.05) is 19.6 Å². The van der Waals surface area contributed by atoms with Crippen molar-refractivity contribution in [2.45, 2.75) is 39.2 Å². The van der Waals surface area contributed by atoms with Crippen LogP contribution in [0, 0.1) is 11.8 Å². The molecule has 0 aromatic heterocycles. The summed E-state index contributed by atoms with van der Waals surface area (Å²) in [5.41, 5.74) is 5.63. The Bertz CT molecular complexity index is 301. The molecule has 1 aliphatic carbocycles. The number of amides is 2. The Kier molecular flexibility index (Phi) is 5.59. The summed E-state index contributed by atoms with van der Waals surface area (Å²) in [4.78, 5) is 25.2. The zero-order chi connectivity index (χ0) is 13.7. The highest BCUT2D eigenvalue weighted by molar-refractivity contribution is 5.86. The third-order valence-electron chi connectivity index (χ3n) is 3.09. The molecule has 1 rings (SSSR count). The Morgan fingerprint density at radius 1 is 1.39 bits per heavy atom. The molecule has 0 aliphatic heterocycles. The third kappa shape index (κ3) is 5.04. The van der Waals surface area contributed by atoms with Crippen LogP contribution in [-0.4, -0.2) is 42.9 Å². The van der Waals surface area contributed by atoms with E-state index in [1.165, 1.54) is 4.90 Å². The molecule has 1 fully saturated rings. The number of carbonyl (C=O) groups is 2. The van der Waals surface area contributed by atoms with Crippen molar-refractivity contribution in [2.24, 2.45) is 17.6 Å². The molecule has 0 aromatic rings. The molecule has 1 saturated carbocycles. The van der Waals surface area contributed by atoms with E-state index in [9.17, 15) is 9.59 Å². The quantitative estimate of drug-likeness (QED) is 0.689. The monoisotopic (exact) mass is 255 g/mol. The summed E-state index contributed by atoms with van der Waals surface area (Å²) < 4.78 is 0. The smallest absolute Gasteiger partial charge is 0.239 e. The van der Waals surface area contributed by atoms with Crippen molar-refractivity contribution in [1.82, 2.24) is 10.2 Å². The molecule has 2 amide bonds. The highest BCUT2D eigenvalue weighted by Crippen LogP contribution is 2.18. The summed E-state index contributed by atoms with van der Waals surface area (Å²) in [5.74, 6) is 0.144. The van der Waals surface area contributed by atoms with Gasteiger partial charge in [0.15, 0.2) is 0 Å². The number of nitrogens with zero attached hydrogens (tertiary/aromatic N) is 1. The van der Waals surface area contributed by atoms with Gasteiger partial charge in [0.05, 0.1) is 12.5 Å². The van der Waals surface area contributed by atoms with Gasteiger partial charge in [-0.25, -0.2) is 0 Å². The van der Waals surface area contributed by atoms with Crippen LogP contribution in [0.25, 0.3) is 0 Å². The Morgan fingerprint density at radius 3 is 2.44 bits per heavy atom. The third-order valence-corrected chi connectivity index (χ3v) is 3.09. The van der Waals surface area contributed by atoms with E-state index in [2.05, 4.69) is 19.2 Å². The second-order valence-electron chi connectivity index (χ2n) is 5.60. The van der Waals surface area contributed by atoms with Crippen LogP contribution >= 0.6 is 0 Å². The number of rotatable bonds is 7. The van der Waals surface area contributed by atoms with Crippen molar-refractivity contribution in [3.63, 3.8) is 0 Å². The molecule has 0 heterocycles. The topological polar surface area (TPSA) is 75.4 Å². The molecule has 0 aromatic carbocycles. The maximum Gasteiger partial charge on any atom is 0.239 e. The highest BCUT2D eigenvalue weighted by atomic mass is 16.2. The number of likely N-dealkylation sites (N-methyl/N-ethyl adjacent to an activating group) is 1. The van der Waals surface area contributed by atoms with E-state index in [1.54, 1.807) is 7.05 Å². The van der Waals surface area contributed by atoms with Gasteiger partial charge in [-0.15, -0.1) is 0 Å². The molecule has 0 spiro atoms. The van der Waals surface area contributed by atoms with Gasteiger partial charge >= 0.3 is 0 Å². The van der Waals surface area contributed by atoms with E-state index in [0.29, 0.717) is 18.5 Å². The molecule has 3 N–H and O–H groups in total. The van der Waals surface area contributed by atoms with Gasteiger partial charge < -0.3 is 16.0 Å². The fourth-order valence-corrected chi connectivity index (χ4v) is 1.97. The van der Waals surface area contributed by atoms with E-state index >= 15 is 0 Å². The molecule has 18 heavy (non-hydrogen) atoms. The first kappa shape index (κ1) is 15.0. The minimum atomic E-state index is -0.177. The first-order valence-electron chi connectivity index (χ1n) is 6.68. The number of hydrogen-bond donors (Lipinski definition) is 2. The number of nitrogens with two attached hydrogens (primary N) is 1.